The highest BCUT2D eigenvalue weighted by molar-refractivity contribution is 5.92. The summed E-state index contributed by atoms with van der Waals surface area (Å²) in [5.74, 6) is -0.206. The molecule has 0 saturated carbocycles. The van der Waals surface area contributed by atoms with Crippen LogP contribution in [0.2, 0.25) is 0 Å². The van der Waals surface area contributed by atoms with Gasteiger partial charge in [0.1, 0.15) is 11.6 Å². The topological polar surface area (TPSA) is 69.0 Å². The maximum atomic E-state index is 14.2. The summed E-state index contributed by atoms with van der Waals surface area (Å²) < 4.78 is 35.0. The fraction of sp³-hybridized carbons (Fsp3) is 0.286. The summed E-state index contributed by atoms with van der Waals surface area (Å²) in [6.07, 6.45) is 4.11. The molecule has 4 rings (SSSR count). The first-order valence-electron chi connectivity index (χ1n) is 9.51. The van der Waals surface area contributed by atoms with Crippen LogP contribution in [0.4, 0.5) is 14.5 Å². The Labute approximate surface area is 166 Å². The summed E-state index contributed by atoms with van der Waals surface area (Å²) in [5.41, 5.74) is 0.674. The molecule has 150 valence electrons. The fourth-order valence-electron chi connectivity index (χ4n) is 3.35. The zero-order valence-electron chi connectivity index (χ0n) is 15.7. The molecule has 8 heteroatoms. The molecule has 29 heavy (non-hydrogen) atoms. The molecule has 1 amide bonds. The fourth-order valence-corrected chi connectivity index (χ4v) is 3.35. The maximum absolute atomic E-state index is 14.2. The number of rotatable bonds is 5. The van der Waals surface area contributed by atoms with Crippen molar-refractivity contribution in [3.8, 4) is 17.1 Å². The van der Waals surface area contributed by atoms with E-state index in [1.165, 1.54) is 30.3 Å². The van der Waals surface area contributed by atoms with Crippen LogP contribution in [0.5, 0.6) is 5.75 Å². The summed E-state index contributed by atoms with van der Waals surface area (Å²) in [6.45, 7) is 0.373. The van der Waals surface area contributed by atoms with Crippen molar-refractivity contribution in [2.24, 2.45) is 0 Å². The van der Waals surface area contributed by atoms with Crippen LogP contribution in [0.1, 0.15) is 25.1 Å². The van der Waals surface area contributed by atoms with E-state index in [1.54, 1.807) is 12.1 Å². The van der Waals surface area contributed by atoms with Gasteiger partial charge in [-0.05, 0) is 43.2 Å². The quantitative estimate of drug-likeness (QED) is 0.706. The summed E-state index contributed by atoms with van der Waals surface area (Å²) >= 11 is 0. The first kappa shape index (κ1) is 19.0. The highest BCUT2D eigenvalue weighted by Crippen LogP contribution is 2.26. The highest BCUT2D eigenvalue weighted by Gasteiger charge is 2.18. The second-order valence-electron chi connectivity index (χ2n) is 6.86. The number of aromatic nitrogens is 3. The van der Waals surface area contributed by atoms with Crippen LogP contribution in [0.3, 0.4) is 0 Å². The van der Waals surface area contributed by atoms with Gasteiger partial charge in [-0.3, -0.25) is 4.79 Å². The number of aryl methyl sites for hydroxylation is 1. The molecule has 1 N–H and O–H groups in total. The number of para-hydroxylation sites is 1. The van der Waals surface area contributed by atoms with E-state index in [-0.39, 0.29) is 11.4 Å². The van der Waals surface area contributed by atoms with Crippen LogP contribution < -0.4 is 10.1 Å². The molecule has 0 aliphatic carbocycles. The predicted molar refractivity (Wildman–Crippen MR) is 103 cm³/mol. The van der Waals surface area contributed by atoms with Crippen molar-refractivity contribution in [1.29, 1.82) is 0 Å². The van der Waals surface area contributed by atoms with E-state index in [2.05, 4.69) is 15.5 Å². The number of carbonyl (C=O) groups is 1. The number of hydrogen-bond acceptors (Lipinski definition) is 4. The minimum atomic E-state index is -0.593. The SMILES string of the molecule is O=C(COc1ccccc1F)Nc1cc(-c2nnc3n2CCCCC3)ccc1F. The number of fused-ring (bicyclic) bond motifs is 1. The third-order valence-corrected chi connectivity index (χ3v) is 4.80. The van der Waals surface area contributed by atoms with Crippen molar-refractivity contribution in [3.05, 3.63) is 59.9 Å². The Morgan fingerprint density at radius 3 is 2.79 bits per heavy atom. The van der Waals surface area contributed by atoms with Crippen LogP contribution in [-0.2, 0) is 17.8 Å². The summed E-state index contributed by atoms with van der Waals surface area (Å²) in [6, 6.07) is 10.2. The molecule has 0 bridgehead atoms. The van der Waals surface area contributed by atoms with Gasteiger partial charge in [-0.1, -0.05) is 18.6 Å². The second kappa shape index (κ2) is 8.38. The molecule has 1 aliphatic heterocycles. The van der Waals surface area contributed by atoms with Crippen LogP contribution >= 0.6 is 0 Å². The van der Waals surface area contributed by atoms with E-state index in [4.69, 9.17) is 4.74 Å². The van der Waals surface area contributed by atoms with E-state index in [0.717, 1.165) is 38.1 Å². The van der Waals surface area contributed by atoms with Gasteiger partial charge in [0.25, 0.3) is 5.91 Å². The highest BCUT2D eigenvalue weighted by atomic mass is 19.1. The van der Waals surface area contributed by atoms with E-state index >= 15 is 0 Å². The molecule has 2 heterocycles. The van der Waals surface area contributed by atoms with Gasteiger partial charge in [0.2, 0.25) is 0 Å². The van der Waals surface area contributed by atoms with Gasteiger partial charge >= 0.3 is 0 Å². The first-order chi connectivity index (χ1) is 14.1. The molecule has 0 radical (unpaired) electrons. The number of nitrogens with one attached hydrogen (secondary N) is 1. The van der Waals surface area contributed by atoms with E-state index in [0.29, 0.717) is 11.4 Å². The van der Waals surface area contributed by atoms with Gasteiger partial charge in [-0.2, -0.15) is 0 Å². The normalized spacial score (nSPS) is 13.4. The van der Waals surface area contributed by atoms with Crippen LogP contribution in [-0.4, -0.2) is 27.3 Å². The van der Waals surface area contributed by atoms with Crippen molar-refractivity contribution in [3.63, 3.8) is 0 Å². The largest absolute Gasteiger partial charge is 0.481 e. The summed E-state index contributed by atoms with van der Waals surface area (Å²) in [5, 5.41) is 11.0. The van der Waals surface area contributed by atoms with Crippen molar-refractivity contribution < 1.29 is 18.3 Å². The third kappa shape index (κ3) is 4.26. The number of hydrogen-bond donors (Lipinski definition) is 1. The van der Waals surface area contributed by atoms with Gasteiger partial charge in [-0.25, -0.2) is 8.78 Å². The molecule has 0 saturated heterocycles. The summed E-state index contributed by atoms with van der Waals surface area (Å²) in [7, 11) is 0. The molecule has 0 unspecified atom stereocenters. The third-order valence-electron chi connectivity index (χ3n) is 4.80. The molecular formula is C21H20F2N4O2. The Hall–Kier alpha value is -3.29. The minimum absolute atomic E-state index is 0.00982. The number of anilines is 1. The second-order valence-corrected chi connectivity index (χ2v) is 6.86. The van der Waals surface area contributed by atoms with Crippen LogP contribution in [0, 0.1) is 11.6 Å². The van der Waals surface area contributed by atoms with E-state index in [9.17, 15) is 13.6 Å². The van der Waals surface area contributed by atoms with Gasteiger partial charge in [-0.15, -0.1) is 10.2 Å². The molecule has 1 aromatic heterocycles. The molecule has 1 aliphatic rings. The number of benzene rings is 2. The minimum Gasteiger partial charge on any atom is -0.481 e. The number of ether oxygens (including phenoxy) is 1. The van der Waals surface area contributed by atoms with Gasteiger partial charge in [0.05, 0.1) is 5.69 Å². The van der Waals surface area contributed by atoms with Crippen LogP contribution in [0.15, 0.2) is 42.5 Å². The Kier molecular flexibility index (Phi) is 5.50. The van der Waals surface area contributed by atoms with Crippen molar-refractivity contribution in [2.75, 3.05) is 11.9 Å². The Morgan fingerprint density at radius 1 is 1.07 bits per heavy atom. The van der Waals surface area contributed by atoms with Gasteiger partial charge in [0.15, 0.2) is 24.0 Å². The molecule has 2 aromatic carbocycles. The number of amides is 1. The van der Waals surface area contributed by atoms with Gasteiger partial charge in [0, 0.05) is 18.5 Å². The lowest BCUT2D eigenvalue weighted by atomic mass is 10.1. The number of nitrogens with zero attached hydrogens (tertiary/aromatic N) is 3. The number of halogens is 2. The lowest BCUT2D eigenvalue weighted by Gasteiger charge is -2.11. The molecular weight excluding hydrogens is 378 g/mol. The smallest absolute Gasteiger partial charge is 0.262 e. The standard InChI is InChI=1S/C21H20F2N4O2/c22-15-10-9-14(21-26-25-19-8-2-1-5-11-27(19)21)12-17(15)24-20(28)13-29-18-7-4-3-6-16(18)23/h3-4,6-7,9-10,12H,1-2,5,8,11,13H2,(H,24,28). The molecule has 3 aromatic rings. The van der Waals surface area contributed by atoms with E-state index < -0.39 is 24.1 Å². The lowest BCUT2D eigenvalue weighted by Crippen LogP contribution is -2.21. The molecule has 6 nitrogen and oxygen atoms in total. The van der Waals surface area contributed by atoms with Crippen molar-refractivity contribution >= 4 is 11.6 Å². The lowest BCUT2D eigenvalue weighted by molar-refractivity contribution is -0.118. The monoisotopic (exact) mass is 398 g/mol. The Balaban J connectivity index is 1.50. The zero-order chi connectivity index (χ0) is 20.2. The summed E-state index contributed by atoms with van der Waals surface area (Å²) in [4.78, 5) is 12.2. The molecule has 0 fully saturated rings. The first-order valence-corrected chi connectivity index (χ1v) is 9.51. The van der Waals surface area contributed by atoms with Gasteiger partial charge < -0.3 is 14.6 Å². The average Bonchev–Trinajstić information content (AvgIpc) is 2.97. The average molecular weight is 398 g/mol. The zero-order valence-corrected chi connectivity index (χ0v) is 15.7. The van der Waals surface area contributed by atoms with Crippen LogP contribution in [0.25, 0.3) is 11.4 Å². The Bertz CT molecular complexity index is 1040. The Morgan fingerprint density at radius 2 is 1.93 bits per heavy atom. The van der Waals surface area contributed by atoms with Crippen molar-refractivity contribution in [1.82, 2.24) is 14.8 Å². The number of carbonyl (C=O) groups excluding carboxylic acids is 1. The molecule has 0 spiro atoms. The molecule has 0 atom stereocenters. The predicted octanol–water partition coefficient (Wildman–Crippen LogP) is 3.97. The van der Waals surface area contributed by atoms with E-state index in [1.807, 2.05) is 4.57 Å². The maximum Gasteiger partial charge on any atom is 0.262 e. The van der Waals surface area contributed by atoms with Crippen molar-refractivity contribution in [2.45, 2.75) is 32.2 Å².